The summed E-state index contributed by atoms with van der Waals surface area (Å²) in [6.07, 6.45) is 22.2. The number of rotatable bonds is 20. The lowest BCUT2D eigenvalue weighted by atomic mass is 9.82. The van der Waals surface area contributed by atoms with Crippen molar-refractivity contribution in [1.29, 1.82) is 0 Å². The van der Waals surface area contributed by atoms with Gasteiger partial charge in [-0.3, -0.25) is 0 Å². The quantitative estimate of drug-likeness (QED) is 0.157. The van der Waals surface area contributed by atoms with Crippen molar-refractivity contribution in [1.82, 2.24) is 0 Å². The summed E-state index contributed by atoms with van der Waals surface area (Å²) in [6.45, 7) is 14.1. The summed E-state index contributed by atoms with van der Waals surface area (Å²) in [5.74, 6) is 1.41. The van der Waals surface area contributed by atoms with E-state index in [4.69, 9.17) is 0 Å². The maximum absolute atomic E-state index is 2.58. The van der Waals surface area contributed by atoms with E-state index in [1.54, 1.807) is 33.4 Å². The van der Waals surface area contributed by atoms with Crippen molar-refractivity contribution < 1.29 is 0 Å². The fourth-order valence-electron chi connectivity index (χ4n) is 6.28. The van der Waals surface area contributed by atoms with Crippen LogP contribution in [0.4, 0.5) is 0 Å². The van der Waals surface area contributed by atoms with E-state index in [1.807, 2.05) is 0 Å². The fraction of sp³-hybridized carbons (Fsp3) is 0.676. The Morgan fingerprint density at radius 1 is 0.541 bits per heavy atom. The molecule has 0 amide bonds. The van der Waals surface area contributed by atoms with Crippen LogP contribution in [0.25, 0.3) is 0 Å². The van der Waals surface area contributed by atoms with Crippen LogP contribution in [0.1, 0.15) is 158 Å². The molecule has 0 aliphatic carbocycles. The smallest absolute Gasteiger partial charge is 0.0188 e. The number of benzene rings is 2. The Morgan fingerprint density at radius 3 is 1.70 bits per heavy atom. The van der Waals surface area contributed by atoms with Gasteiger partial charge < -0.3 is 0 Å². The summed E-state index contributed by atoms with van der Waals surface area (Å²) < 4.78 is 0. The van der Waals surface area contributed by atoms with Gasteiger partial charge >= 0.3 is 0 Å². The molecule has 0 aliphatic heterocycles. The second-order valence-electron chi connectivity index (χ2n) is 11.9. The molecule has 37 heavy (non-hydrogen) atoms. The minimum atomic E-state index is 0.630. The number of unbranched alkanes of at least 4 members (excludes halogenated alkanes) is 5. The maximum Gasteiger partial charge on any atom is -0.0188 e. The van der Waals surface area contributed by atoms with Crippen molar-refractivity contribution in [2.75, 3.05) is 0 Å². The van der Waals surface area contributed by atoms with Crippen LogP contribution in [0.2, 0.25) is 0 Å². The Bertz CT molecular complexity index is 860. The van der Waals surface area contributed by atoms with Crippen molar-refractivity contribution in [2.45, 2.75) is 157 Å². The predicted octanol–water partition coefficient (Wildman–Crippen LogP) is 11.6. The SMILES string of the molecule is CCCCCCCCC(Cc1ccc(CCC)c(CCC)c1)CC(C)c1ccc(CCC)c(CCC)c1. The molecule has 0 radical (unpaired) electrons. The molecule has 208 valence electrons. The normalized spacial score (nSPS) is 13.1. The van der Waals surface area contributed by atoms with Crippen LogP contribution in [0.5, 0.6) is 0 Å². The van der Waals surface area contributed by atoms with Gasteiger partial charge in [-0.1, -0.05) is 149 Å². The van der Waals surface area contributed by atoms with Gasteiger partial charge in [-0.05, 0) is 83.7 Å². The monoisotopic (exact) mass is 504 g/mol. The zero-order valence-corrected chi connectivity index (χ0v) is 25.6. The van der Waals surface area contributed by atoms with E-state index in [1.165, 1.54) is 109 Å². The van der Waals surface area contributed by atoms with E-state index in [-0.39, 0.29) is 0 Å². The summed E-state index contributed by atoms with van der Waals surface area (Å²) in [5, 5.41) is 0. The topological polar surface area (TPSA) is 0 Å². The Balaban J connectivity index is 2.17. The van der Waals surface area contributed by atoms with Crippen LogP contribution >= 0.6 is 0 Å². The highest BCUT2D eigenvalue weighted by Crippen LogP contribution is 2.31. The molecular weight excluding hydrogens is 444 g/mol. The van der Waals surface area contributed by atoms with Gasteiger partial charge in [0.2, 0.25) is 0 Å². The molecule has 0 N–H and O–H groups in total. The van der Waals surface area contributed by atoms with E-state index in [0.717, 1.165) is 5.92 Å². The van der Waals surface area contributed by atoms with Gasteiger partial charge in [-0.15, -0.1) is 0 Å². The van der Waals surface area contributed by atoms with Gasteiger partial charge in [0.1, 0.15) is 0 Å². The van der Waals surface area contributed by atoms with Crippen LogP contribution in [0.3, 0.4) is 0 Å². The average Bonchev–Trinajstić information content (AvgIpc) is 2.89. The highest BCUT2D eigenvalue weighted by atomic mass is 14.2. The van der Waals surface area contributed by atoms with Crippen LogP contribution in [0.15, 0.2) is 36.4 Å². The lowest BCUT2D eigenvalue weighted by Gasteiger charge is -2.23. The van der Waals surface area contributed by atoms with Crippen LogP contribution in [-0.2, 0) is 32.1 Å². The van der Waals surface area contributed by atoms with Crippen molar-refractivity contribution in [3.8, 4) is 0 Å². The van der Waals surface area contributed by atoms with Crippen molar-refractivity contribution in [3.05, 3.63) is 69.8 Å². The highest BCUT2D eigenvalue weighted by Gasteiger charge is 2.17. The molecule has 0 fully saturated rings. The molecule has 2 aromatic rings. The molecule has 0 heteroatoms. The standard InChI is InChI=1S/C37H60/c1-7-12-13-14-15-16-21-31(27-32-22-23-33(17-8-2)36(28-32)19-10-4)26-30(6)35-25-24-34(18-9-3)37(29-35)20-11-5/h22-25,28-31H,7-21,26-27H2,1-6H3. The Labute approximate surface area is 232 Å². The van der Waals surface area contributed by atoms with Crippen LogP contribution < -0.4 is 0 Å². The fourth-order valence-corrected chi connectivity index (χ4v) is 6.28. The lowest BCUT2D eigenvalue weighted by Crippen LogP contribution is -2.11. The van der Waals surface area contributed by atoms with Crippen LogP contribution in [-0.4, -0.2) is 0 Å². The van der Waals surface area contributed by atoms with Crippen molar-refractivity contribution in [3.63, 3.8) is 0 Å². The summed E-state index contributed by atoms with van der Waals surface area (Å²) in [7, 11) is 0. The third-order valence-electron chi connectivity index (χ3n) is 8.32. The lowest BCUT2D eigenvalue weighted by molar-refractivity contribution is 0.395. The molecule has 2 unspecified atom stereocenters. The van der Waals surface area contributed by atoms with Gasteiger partial charge in [-0.25, -0.2) is 0 Å². The van der Waals surface area contributed by atoms with Crippen molar-refractivity contribution in [2.24, 2.45) is 5.92 Å². The first kappa shape index (κ1) is 31.7. The van der Waals surface area contributed by atoms with Gasteiger partial charge in [0.15, 0.2) is 0 Å². The van der Waals surface area contributed by atoms with Gasteiger partial charge in [0.25, 0.3) is 0 Å². The predicted molar refractivity (Wildman–Crippen MR) is 167 cm³/mol. The molecule has 0 spiro atoms. The third kappa shape index (κ3) is 11.4. The van der Waals surface area contributed by atoms with Crippen LogP contribution in [0, 0.1) is 5.92 Å². The molecule has 0 aliphatic rings. The summed E-state index contributed by atoms with van der Waals surface area (Å²) >= 11 is 0. The molecule has 0 saturated carbocycles. The molecular formula is C37H60. The van der Waals surface area contributed by atoms with Gasteiger partial charge in [0.05, 0.1) is 0 Å². The first-order valence-electron chi connectivity index (χ1n) is 16.3. The van der Waals surface area contributed by atoms with E-state index in [9.17, 15) is 0 Å². The molecule has 2 rings (SSSR count). The van der Waals surface area contributed by atoms with Gasteiger partial charge in [-0.2, -0.15) is 0 Å². The third-order valence-corrected chi connectivity index (χ3v) is 8.32. The van der Waals surface area contributed by atoms with E-state index in [2.05, 4.69) is 77.9 Å². The molecule has 0 bridgehead atoms. The Morgan fingerprint density at radius 2 is 1.08 bits per heavy atom. The minimum Gasteiger partial charge on any atom is -0.0654 e. The number of hydrogen-bond donors (Lipinski definition) is 0. The van der Waals surface area contributed by atoms with Crippen molar-refractivity contribution >= 4 is 0 Å². The second kappa shape index (κ2) is 18.7. The molecule has 0 heterocycles. The number of aryl methyl sites for hydroxylation is 4. The Kier molecular flexibility index (Phi) is 16.0. The Hall–Kier alpha value is -1.56. The summed E-state index contributed by atoms with van der Waals surface area (Å²) in [6, 6.07) is 15.0. The molecule has 0 aromatic heterocycles. The summed E-state index contributed by atoms with van der Waals surface area (Å²) in [4.78, 5) is 0. The molecule has 0 nitrogen and oxygen atoms in total. The van der Waals surface area contributed by atoms with E-state index >= 15 is 0 Å². The first-order chi connectivity index (χ1) is 18.1. The van der Waals surface area contributed by atoms with Gasteiger partial charge in [0, 0.05) is 0 Å². The largest absolute Gasteiger partial charge is 0.0654 e. The maximum atomic E-state index is 2.58. The zero-order valence-electron chi connectivity index (χ0n) is 25.6. The summed E-state index contributed by atoms with van der Waals surface area (Å²) in [5.41, 5.74) is 9.54. The average molecular weight is 505 g/mol. The number of hydrogen-bond acceptors (Lipinski definition) is 0. The molecule has 0 saturated heterocycles. The second-order valence-corrected chi connectivity index (χ2v) is 11.9. The molecule has 2 aromatic carbocycles. The van der Waals surface area contributed by atoms with E-state index < -0.39 is 0 Å². The minimum absolute atomic E-state index is 0.630. The first-order valence-corrected chi connectivity index (χ1v) is 16.3. The van der Waals surface area contributed by atoms with E-state index in [0.29, 0.717) is 5.92 Å². The zero-order chi connectivity index (χ0) is 26.9. The highest BCUT2D eigenvalue weighted by molar-refractivity contribution is 5.35. The molecule has 2 atom stereocenters.